The van der Waals surface area contributed by atoms with Gasteiger partial charge < -0.3 is 42.1 Å². The topological polar surface area (TPSA) is 228 Å². The summed E-state index contributed by atoms with van der Waals surface area (Å²) in [6.07, 6.45) is -0.371. The summed E-state index contributed by atoms with van der Waals surface area (Å²) in [5.41, 5.74) is 5.39. The number of hydrogen-bond donors (Lipinski definition) is 8. The van der Waals surface area contributed by atoms with E-state index in [2.05, 4.69) is 16.0 Å². The van der Waals surface area contributed by atoms with Gasteiger partial charge in [-0.05, 0) is 12.3 Å². The maximum Gasteiger partial charge on any atom is 0.328 e. The van der Waals surface area contributed by atoms with E-state index in [1.54, 1.807) is 13.8 Å². The van der Waals surface area contributed by atoms with Gasteiger partial charge in [-0.15, -0.1) is 0 Å². The number of amides is 3. The van der Waals surface area contributed by atoms with Crippen LogP contribution in [0.5, 0.6) is 0 Å². The van der Waals surface area contributed by atoms with E-state index in [1.165, 1.54) is 0 Å². The lowest BCUT2D eigenvalue weighted by molar-refractivity contribution is -0.143. The fourth-order valence-electron chi connectivity index (χ4n) is 2.30. The molecule has 9 N–H and O–H groups in total. The molecule has 0 saturated carbocycles. The molecular weight excluding hydrogens is 404 g/mol. The minimum atomic E-state index is -1.58. The highest BCUT2D eigenvalue weighted by Crippen LogP contribution is 2.10. The number of carboxylic acid groups (broad SMARTS) is 2. The molecule has 13 heteroatoms. The number of carbonyl (C=O) groups excluding carboxylic acids is 3. The summed E-state index contributed by atoms with van der Waals surface area (Å²) in [4.78, 5) is 58.9. The summed E-state index contributed by atoms with van der Waals surface area (Å²) in [6.45, 7) is 1.78. The highest BCUT2D eigenvalue weighted by molar-refractivity contribution is 5.94. The molecule has 0 rings (SSSR count). The van der Waals surface area contributed by atoms with Crippen molar-refractivity contribution in [1.29, 1.82) is 0 Å². The van der Waals surface area contributed by atoms with Crippen molar-refractivity contribution < 1.29 is 44.4 Å². The highest BCUT2D eigenvalue weighted by Gasteiger charge is 2.32. The van der Waals surface area contributed by atoms with E-state index in [9.17, 15) is 24.0 Å². The summed E-state index contributed by atoms with van der Waals surface area (Å²) in [5, 5.41) is 42.6. The monoisotopic (exact) mass is 434 g/mol. The van der Waals surface area contributed by atoms with Crippen LogP contribution in [0.25, 0.3) is 0 Å². The second-order valence-electron chi connectivity index (χ2n) is 6.74. The molecule has 3 amide bonds. The second kappa shape index (κ2) is 13.5. The zero-order valence-corrected chi connectivity index (χ0v) is 16.8. The van der Waals surface area contributed by atoms with Gasteiger partial charge in [0.15, 0.2) is 0 Å². The Morgan fingerprint density at radius 2 is 1.43 bits per heavy atom. The summed E-state index contributed by atoms with van der Waals surface area (Å²) in [7, 11) is 0. The SMILES string of the molecule is CCC(C)C(NC(=O)C(CCC(=O)O)NC(=O)C(N)CO)C(=O)NC(CO)C(=O)O. The lowest BCUT2D eigenvalue weighted by Crippen LogP contribution is -2.59. The molecule has 0 radical (unpaired) electrons. The second-order valence-corrected chi connectivity index (χ2v) is 6.74. The van der Waals surface area contributed by atoms with E-state index in [0.717, 1.165) is 0 Å². The van der Waals surface area contributed by atoms with Crippen LogP contribution in [-0.2, 0) is 24.0 Å². The van der Waals surface area contributed by atoms with E-state index in [-0.39, 0.29) is 6.42 Å². The number of aliphatic hydroxyl groups is 2. The molecule has 0 aliphatic carbocycles. The van der Waals surface area contributed by atoms with Gasteiger partial charge in [0.05, 0.1) is 13.2 Å². The average Bonchev–Trinajstić information content (AvgIpc) is 2.70. The number of aliphatic carboxylic acids is 2. The van der Waals surface area contributed by atoms with Crippen LogP contribution in [0.4, 0.5) is 0 Å². The summed E-state index contributed by atoms with van der Waals surface area (Å²) < 4.78 is 0. The maximum atomic E-state index is 12.7. The van der Waals surface area contributed by atoms with Crippen molar-refractivity contribution in [2.75, 3.05) is 13.2 Å². The molecule has 0 fully saturated rings. The van der Waals surface area contributed by atoms with E-state index in [0.29, 0.717) is 6.42 Å². The molecule has 0 bridgehead atoms. The predicted molar refractivity (Wildman–Crippen MR) is 102 cm³/mol. The smallest absolute Gasteiger partial charge is 0.328 e. The molecule has 0 aromatic heterocycles. The van der Waals surface area contributed by atoms with E-state index in [4.69, 9.17) is 26.2 Å². The third kappa shape index (κ3) is 9.15. The van der Waals surface area contributed by atoms with Gasteiger partial charge in [0, 0.05) is 6.42 Å². The van der Waals surface area contributed by atoms with Crippen molar-refractivity contribution in [1.82, 2.24) is 16.0 Å². The number of hydrogen-bond acceptors (Lipinski definition) is 8. The van der Waals surface area contributed by atoms with Crippen LogP contribution in [0, 0.1) is 5.92 Å². The zero-order chi connectivity index (χ0) is 23.4. The van der Waals surface area contributed by atoms with Crippen LogP contribution in [0.3, 0.4) is 0 Å². The third-order valence-corrected chi connectivity index (χ3v) is 4.40. The molecule has 0 aromatic carbocycles. The van der Waals surface area contributed by atoms with Crippen molar-refractivity contribution >= 4 is 29.7 Å². The molecule has 0 aliphatic heterocycles. The quantitative estimate of drug-likeness (QED) is 0.136. The molecule has 30 heavy (non-hydrogen) atoms. The first-order valence-electron chi connectivity index (χ1n) is 9.31. The Balaban J connectivity index is 5.48. The number of carbonyl (C=O) groups is 5. The Morgan fingerprint density at radius 3 is 1.87 bits per heavy atom. The molecule has 5 unspecified atom stereocenters. The first kappa shape index (κ1) is 27.2. The molecule has 172 valence electrons. The molecule has 0 aromatic rings. The number of nitrogens with one attached hydrogen (secondary N) is 3. The van der Waals surface area contributed by atoms with Gasteiger partial charge in [0.2, 0.25) is 17.7 Å². The molecule has 5 atom stereocenters. The van der Waals surface area contributed by atoms with Crippen LogP contribution in [0.15, 0.2) is 0 Å². The van der Waals surface area contributed by atoms with Crippen LogP contribution < -0.4 is 21.7 Å². The van der Waals surface area contributed by atoms with Crippen molar-refractivity contribution in [3.05, 3.63) is 0 Å². The van der Waals surface area contributed by atoms with Crippen molar-refractivity contribution in [3.63, 3.8) is 0 Å². The van der Waals surface area contributed by atoms with Gasteiger partial charge in [-0.3, -0.25) is 19.2 Å². The molecule has 13 nitrogen and oxygen atoms in total. The summed E-state index contributed by atoms with van der Waals surface area (Å²) in [6, 6.07) is -5.49. The van der Waals surface area contributed by atoms with Crippen LogP contribution in [-0.4, -0.2) is 87.5 Å². The van der Waals surface area contributed by atoms with Gasteiger partial charge in [-0.1, -0.05) is 20.3 Å². The Kier molecular flexibility index (Phi) is 12.2. The standard InChI is InChI=1S/C17H30N4O9/c1-3-8(2)13(16(28)20-11(7-23)17(29)30)21-15(27)10(4-5-12(24)25)19-14(26)9(18)6-22/h8-11,13,22-23H,3-7,18H2,1-2H3,(H,19,26)(H,20,28)(H,21,27)(H,24,25)(H,29,30). The molecule has 0 heterocycles. The Morgan fingerprint density at radius 1 is 0.867 bits per heavy atom. The molecule has 0 saturated heterocycles. The Bertz CT molecular complexity index is 628. The Labute approximate surface area is 173 Å². The van der Waals surface area contributed by atoms with Gasteiger partial charge in [0.1, 0.15) is 24.2 Å². The van der Waals surface area contributed by atoms with Crippen LogP contribution >= 0.6 is 0 Å². The lowest BCUT2D eigenvalue weighted by Gasteiger charge is -2.27. The third-order valence-electron chi connectivity index (χ3n) is 4.40. The van der Waals surface area contributed by atoms with Crippen LogP contribution in [0.2, 0.25) is 0 Å². The fraction of sp³-hybridized carbons (Fsp3) is 0.706. The number of nitrogens with two attached hydrogens (primary N) is 1. The van der Waals surface area contributed by atoms with E-state index >= 15 is 0 Å². The van der Waals surface area contributed by atoms with E-state index < -0.39 is 79.4 Å². The summed E-state index contributed by atoms with van der Waals surface area (Å²) >= 11 is 0. The van der Waals surface area contributed by atoms with Gasteiger partial charge in [-0.2, -0.15) is 0 Å². The molecular formula is C17H30N4O9. The van der Waals surface area contributed by atoms with Gasteiger partial charge in [0.25, 0.3) is 0 Å². The fourth-order valence-corrected chi connectivity index (χ4v) is 2.30. The minimum Gasteiger partial charge on any atom is -0.481 e. The van der Waals surface area contributed by atoms with Gasteiger partial charge >= 0.3 is 11.9 Å². The zero-order valence-electron chi connectivity index (χ0n) is 16.8. The lowest BCUT2D eigenvalue weighted by atomic mass is 9.97. The number of rotatable bonds is 14. The first-order chi connectivity index (χ1) is 14.0. The van der Waals surface area contributed by atoms with Crippen molar-refractivity contribution in [2.24, 2.45) is 11.7 Å². The largest absolute Gasteiger partial charge is 0.481 e. The highest BCUT2D eigenvalue weighted by atomic mass is 16.4. The van der Waals surface area contributed by atoms with Crippen molar-refractivity contribution in [2.45, 2.75) is 57.3 Å². The number of carboxylic acids is 2. The summed E-state index contributed by atoms with van der Waals surface area (Å²) in [5.74, 6) is -5.79. The predicted octanol–water partition coefficient (Wildman–Crippen LogP) is -3.25. The molecule has 0 aliphatic rings. The van der Waals surface area contributed by atoms with E-state index in [1.807, 2.05) is 0 Å². The minimum absolute atomic E-state index is 0.311. The average molecular weight is 434 g/mol. The maximum absolute atomic E-state index is 12.7. The van der Waals surface area contributed by atoms with Crippen LogP contribution in [0.1, 0.15) is 33.1 Å². The van der Waals surface area contributed by atoms with Crippen molar-refractivity contribution in [3.8, 4) is 0 Å². The molecule has 0 spiro atoms. The normalized spacial score (nSPS) is 15.8. The Hall–Kier alpha value is -2.77. The van der Waals surface area contributed by atoms with Gasteiger partial charge in [-0.25, -0.2) is 4.79 Å². The first-order valence-corrected chi connectivity index (χ1v) is 9.31. The number of aliphatic hydroxyl groups excluding tert-OH is 2.